The molecule has 22 heavy (non-hydrogen) atoms. The highest BCUT2D eigenvalue weighted by atomic mass is 16.4. The third kappa shape index (κ3) is 2.74. The number of carboxylic acids is 1. The molecule has 1 N–H and O–H groups in total. The minimum atomic E-state index is -0.757. The second-order valence-electron chi connectivity index (χ2n) is 6.59. The Morgan fingerprint density at radius 1 is 1.14 bits per heavy atom. The molecule has 0 bridgehead atoms. The minimum Gasteiger partial charge on any atom is -0.481 e. The lowest BCUT2D eigenvalue weighted by Gasteiger charge is -2.28. The predicted octanol–water partition coefficient (Wildman–Crippen LogP) is 3.16. The van der Waals surface area contributed by atoms with Crippen LogP contribution in [0.1, 0.15) is 49.3 Å². The van der Waals surface area contributed by atoms with Gasteiger partial charge in [-0.2, -0.15) is 0 Å². The molecule has 0 radical (unpaired) electrons. The van der Waals surface area contributed by atoms with Crippen molar-refractivity contribution >= 4 is 11.9 Å². The zero-order chi connectivity index (χ0) is 15.7. The third-order valence-electron chi connectivity index (χ3n) is 5.21. The fraction of sp³-hybridized carbons (Fsp3) is 0.556. The molecule has 1 amide bonds. The number of carbonyl (C=O) groups is 2. The van der Waals surface area contributed by atoms with E-state index in [1.165, 1.54) is 11.1 Å². The van der Waals surface area contributed by atoms with Crippen LogP contribution in [0.15, 0.2) is 24.3 Å². The number of aliphatic carboxylic acids is 1. The summed E-state index contributed by atoms with van der Waals surface area (Å²) >= 11 is 0. The van der Waals surface area contributed by atoms with Crippen LogP contribution >= 0.6 is 0 Å². The lowest BCUT2D eigenvalue weighted by atomic mass is 9.97. The maximum absolute atomic E-state index is 12.8. The Kier molecular flexibility index (Phi) is 4.19. The quantitative estimate of drug-likeness (QED) is 0.933. The van der Waals surface area contributed by atoms with Gasteiger partial charge in [0.25, 0.3) is 0 Å². The molecule has 1 aromatic carbocycles. The summed E-state index contributed by atoms with van der Waals surface area (Å²) in [6.07, 6.45) is 3.89. The summed E-state index contributed by atoms with van der Waals surface area (Å²) in [5.74, 6) is -1.04. The van der Waals surface area contributed by atoms with Crippen molar-refractivity contribution in [2.45, 2.75) is 45.1 Å². The van der Waals surface area contributed by atoms with Crippen molar-refractivity contribution in [3.63, 3.8) is 0 Å². The van der Waals surface area contributed by atoms with Crippen molar-refractivity contribution in [2.24, 2.45) is 11.8 Å². The van der Waals surface area contributed by atoms with E-state index < -0.39 is 5.97 Å². The minimum absolute atomic E-state index is 0.106. The average Bonchev–Trinajstić information content (AvgIpc) is 3.16. The van der Waals surface area contributed by atoms with Gasteiger partial charge in [0.1, 0.15) is 0 Å². The van der Waals surface area contributed by atoms with Gasteiger partial charge in [0.05, 0.1) is 12.0 Å². The van der Waals surface area contributed by atoms with Crippen molar-refractivity contribution in [1.29, 1.82) is 0 Å². The number of carboxylic acid groups (broad SMARTS) is 1. The summed E-state index contributed by atoms with van der Waals surface area (Å²) in [4.78, 5) is 25.9. The lowest BCUT2D eigenvalue weighted by molar-refractivity contribution is -0.141. The summed E-state index contributed by atoms with van der Waals surface area (Å²) in [6.45, 7) is 2.89. The first-order valence-corrected chi connectivity index (χ1v) is 8.16. The van der Waals surface area contributed by atoms with Crippen LogP contribution in [0.5, 0.6) is 0 Å². The van der Waals surface area contributed by atoms with Gasteiger partial charge < -0.3 is 10.0 Å². The Balaban J connectivity index is 1.75. The standard InChI is InChI=1S/C18H23NO3/c1-12-5-2-3-6-15(12)16-7-4-10-19(16)17(20)13-8-9-14(11-13)18(21)22/h2-3,5-6,13-14,16H,4,7-11H2,1H3,(H,21,22)/t13-,14+,16?/m1/s1. The van der Waals surface area contributed by atoms with E-state index in [-0.39, 0.29) is 23.8 Å². The van der Waals surface area contributed by atoms with E-state index in [4.69, 9.17) is 5.11 Å². The zero-order valence-corrected chi connectivity index (χ0v) is 13.0. The van der Waals surface area contributed by atoms with Crippen LogP contribution in [-0.2, 0) is 9.59 Å². The van der Waals surface area contributed by atoms with Gasteiger partial charge in [-0.15, -0.1) is 0 Å². The lowest BCUT2D eigenvalue weighted by Crippen LogP contribution is -2.35. The highest BCUT2D eigenvalue weighted by Gasteiger charge is 2.39. The molecule has 1 aliphatic carbocycles. The van der Waals surface area contributed by atoms with E-state index in [0.29, 0.717) is 19.3 Å². The summed E-state index contributed by atoms with van der Waals surface area (Å²) in [6, 6.07) is 8.41. The Morgan fingerprint density at radius 3 is 2.55 bits per heavy atom. The first-order valence-electron chi connectivity index (χ1n) is 8.16. The molecule has 1 heterocycles. The van der Waals surface area contributed by atoms with Crippen LogP contribution in [0.4, 0.5) is 0 Å². The maximum Gasteiger partial charge on any atom is 0.306 e. The maximum atomic E-state index is 12.8. The molecule has 1 saturated heterocycles. The van der Waals surface area contributed by atoms with Crippen LogP contribution in [0.25, 0.3) is 0 Å². The summed E-state index contributed by atoms with van der Waals surface area (Å²) in [5, 5.41) is 9.12. The molecule has 118 valence electrons. The number of carbonyl (C=O) groups excluding carboxylic acids is 1. The molecule has 1 aliphatic heterocycles. The molecular formula is C18H23NO3. The second-order valence-corrected chi connectivity index (χ2v) is 6.59. The van der Waals surface area contributed by atoms with Gasteiger partial charge in [-0.25, -0.2) is 0 Å². The van der Waals surface area contributed by atoms with Crippen LogP contribution in [-0.4, -0.2) is 28.4 Å². The zero-order valence-electron chi connectivity index (χ0n) is 13.0. The molecule has 3 atom stereocenters. The number of aryl methyl sites for hydroxylation is 1. The van der Waals surface area contributed by atoms with Crippen LogP contribution in [0.3, 0.4) is 0 Å². The number of hydrogen-bond donors (Lipinski definition) is 1. The van der Waals surface area contributed by atoms with Gasteiger partial charge in [-0.1, -0.05) is 24.3 Å². The summed E-state index contributed by atoms with van der Waals surface area (Å²) in [5.41, 5.74) is 2.46. The SMILES string of the molecule is Cc1ccccc1C1CCCN1C(=O)[C@@H]1CC[C@H](C(=O)O)C1. The molecule has 1 saturated carbocycles. The summed E-state index contributed by atoms with van der Waals surface area (Å²) in [7, 11) is 0. The molecule has 2 fully saturated rings. The van der Waals surface area contributed by atoms with Gasteiger partial charge in [0, 0.05) is 12.5 Å². The molecule has 0 aromatic heterocycles. The third-order valence-corrected chi connectivity index (χ3v) is 5.21. The fourth-order valence-corrected chi connectivity index (χ4v) is 3.98. The van der Waals surface area contributed by atoms with Gasteiger partial charge in [0.2, 0.25) is 5.91 Å². The van der Waals surface area contributed by atoms with Gasteiger partial charge >= 0.3 is 5.97 Å². The smallest absolute Gasteiger partial charge is 0.306 e. The van der Waals surface area contributed by atoms with Crippen molar-refractivity contribution in [2.75, 3.05) is 6.54 Å². The highest BCUT2D eigenvalue weighted by molar-refractivity contribution is 5.81. The van der Waals surface area contributed by atoms with Crippen LogP contribution in [0, 0.1) is 18.8 Å². The van der Waals surface area contributed by atoms with Crippen molar-refractivity contribution < 1.29 is 14.7 Å². The van der Waals surface area contributed by atoms with E-state index in [0.717, 1.165) is 19.4 Å². The molecule has 0 spiro atoms. The van der Waals surface area contributed by atoms with Crippen molar-refractivity contribution in [3.05, 3.63) is 35.4 Å². The van der Waals surface area contributed by atoms with Crippen LogP contribution < -0.4 is 0 Å². The molecule has 3 rings (SSSR count). The van der Waals surface area contributed by atoms with Crippen molar-refractivity contribution in [3.8, 4) is 0 Å². The molecular weight excluding hydrogens is 278 g/mol. The Morgan fingerprint density at radius 2 is 1.86 bits per heavy atom. The first-order chi connectivity index (χ1) is 10.6. The number of hydrogen-bond acceptors (Lipinski definition) is 2. The highest BCUT2D eigenvalue weighted by Crippen LogP contribution is 2.38. The van der Waals surface area contributed by atoms with Crippen molar-refractivity contribution in [1.82, 2.24) is 4.90 Å². The monoisotopic (exact) mass is 301 g/mol. The number of rotatable bonds is 3. The van der Waals surface area contributed by atoms with E-state index in [1.54, 1.807) is 0 Å². The fourth-order valence-electron chi connectivity index (χ4n) is 3.98. The van der Waals surface area contributed by atoms with Gasteiger partial charge in [-0.05, 0) is 50.2 Å². The molecule has 1 aromatic rings. The predicted molar refractivity (Wildman–Crippen MR) is 83.3 cm³/mol. The Bertz CT molecular complexity index is 583. The van der Waals surface area contributed by atoms with E-state index in [1.807, 2.05) is 17.0 Å². The average molecular weight is 301 g/mol. The second kappa shape index (κ2) is 6.11. The number of nitrogens with zero attached hydrogens (tertiary/aromatic N) is 1. The van der Waals surface area contributed by atoms with Gasteiger partial charge in [0.15, 0.2) is 0 Å². The van der Waals surface area contributed by atoms with Gasteiger partial charge in [-0.3, -0.25) is 9.59 Å². The topological polar surface area (TPSA) is 57.6 Å². The first kappa shape index (κ1) is 15.1. The van der Waals surface area contributed by atoms with E-state index in [9.17, 15) is 9.59 Å². The normalized spacial score (nSPS) is 28.0. The molecule has 2 aliphatic rings. The Hall–Kier alpha value is -1.84. The molecule has 4 nitrogen and oxygen atoms in total. The van der Waals surface area contributed by atoms with E-state index in [2.05, 4.69) is 19.1 Å². The number of likely N-dealkylation sites (tertiary alicyclic amines) is 1. The Labute approximate surface area is 131 Å². The number of benzene rings is 1. The summed E-state index contributed by atoms with van der Waals surface area (Å²) < 4.78 is 0. The molecule has 4 heteroatoms. The molecule has 1 unspecified atom stereocenters. The van der Waals surface area contributed by atoms with Crippen LogP contribution in [0.2, 0.25) is 0 Å². The van der Waals surface area contributed by atoms with E-state index >= 15 is 0 Å². The largest absolute Gasteiger partial charge is 0.481 e. The number of amides is 1.